The van der Waals surface area contributed by atoms with Crippen molar-refractivity contribution in [3.8, 4) is 0 Å². The van der Waals surface area contributed by atoms with Gasteiger partial charge in [0.25, 0.3) is 0 Å². The second-order valence-electron chi connectivity index (χ2n) is 21.7. The van der Waals surface area contributed by atoms with Gasteiger partial charge in [-0.15, -0.1) is 0 Å². The lowest BCUT2D eigenvalue weighted by molar-refractivity contribution is -0.870. The van der Waals surface area contributed by atoms with Crippen LogP contribution in [0.1, 0.15) is 303 Å². The van der Waals surface area contributed by atoms with Crippen LogP contribution in [0.3, 0.4) is 0 Å². The van der Waals surface area contributed by atoms with E-state index < -0.39 is 26.5 Å². The van der Waals surface area contributed by atoms with Crippen molar-refractivity contribution >= 4 is 19.8 Å². The molecule has 0 heterocycles. The SMILES string of the molecule is CCCCCCCCCC/C=C\CCCCCCCCCCCCCC(=O)OC(COC(=O)CCCCCCCCCCCCCCCCCCCCCCCC)COP(=O)(O)OCC[N+](C)(C)C. The molecular formula is C59H117NO8P+. The first-order valence-electron chi connectivity index (χ1n) is 29.9. The highest BCUT2D eigenvalue weighted by atomic mass is 31.2. The van der Waals surface area contributed by atoms with Crippen LogP contribution in [0.25, 0.3) is 0 Å². The maximum Gasteiger partial charge on any atom is 0.472 e. The van der Waals surface area contributed by atoms with Gasteiger partial charge in [-0.25, -0.2) is 4.57 Å². The third kappa shape index (κ3) is 55.9. The molecule has 0 rings (SSSR count). The molecule has 1 N–H and O–H groups in total. The molecule has 410 valence electrons. The zero-order chi connectivity index (χ0) is 50.6. The number of quaternary nitrogens is 1. The van der Waals surface area contributed by atoms with Gasteiger partial charge in [-0.3, -0.25) is 18.6 Å². The number of unbranched alkanes of at least 4 members (excludes halogenated alkanes) is 40. The van der Waals surface area contributed by atoms with E-state index in [1.165, 1.54) is 238 Å². The molecule has 0 saturated carbocycles. The van der Waals surface area contributed by atoms with E-state index >= 15 is 0 Å². The number of hydrogen-bond donors (Lipinski definition) is 1. The predicted octanol–water partition coefficient (Wildman–Crippen LogP) is 18.4. The topological polar surface area (TPSA) is 108 Å². The molecule has 0 radical (unpaired) electrons. The van der Waals surface area contributed by atoms with Crippen LogP contribution in [-0.4, -0.2) is 74.9 Å². The highest BCUT2D eigenvalue weighted by Gasteiger charge is 2.27. The fraction of sp³-hybridized carbons (Fsp3) is 0.932. The summed E-state index contributed by atoms with van der Waals surface area (Å²) in [7, 11) is 1.50. The van der Waals surface area contributed by atoms with Gasteiger partial charge in [0.15, 0.2) is 6.10 Å². The van der Waals surface area contributed by atoms with E-state index in [1.807, 2.05) is 21.1 Å². The van der Waals surface area contributed by atoms with E-state index in [2.05, 4.69) is 26.0 Å². The van der Waals surface area contributed by atoms with Gasteiger partial charge < -0.3 is 18.9 Å². The van der Waals surface area contributed by atoms with E-state index in [9.17, 15) is 19.0 Å². The smallest absolute Gasteiger partial charge is 0.462 e. The minimum Gasteiger partial charge on any atom is -0.462 e. The number of rotatable bonds is 56. The summed E-state index contributed by atoms with van der Waals surface area (Å²) in [5.74, 6) is -0.778. The second kappa shape index (κ2) is 51.6. The molecule has 0 saturated heterocycles. The minimum absolute atomic E-state index is 0.0355. The maximum atomic E-state index is 12.8. The first kappa shape index (κ1) is 67.8. The molecule has 69 heavy (non-hydrogen) atoms. The second-order valence-corrected chi connectivity index (χ2v) is 23.2. The molecule has 0 aromatic rings. The highest BCUT2D eigenvalue weighted by molar-refractivity contribution is 7.47. The number of allylic oxidation sites excluding steroid dienone is 2. The van der Waals surface area contributed by atoms with Crippen LogP contribution in [0.15, 0.2) is 12.2 Å². The molecular weight excluding hydrogens is 882 g/mol. The Morgan fingerprint density at radius 1 is 0.435 bits per heavy atom. The van der Waals surface area contributed by atoms with Crippen LogP contribution in [0.4, 0.5) is 0 Å². The first-order chi connectivity index (χ1) is 33.5. The summed E-state index contributed by atoms with van der Waals surface area (Å²) >= 11 is 0. The first-order valence-corrected chi connectivity index (χ1v) is 31.4. The molecule has 0 spiro atoms. The van der Waals surface area contributed by atoms with Gasteiger partial charge in [-0.1, -0.05) is 264 Å². The number of phosphoric acid groups is 1. The van der Waals surface area contributed by atoms with Gasteiger partial charge in [-0.05, 0) is 38.5 Å². The van der Waals surface area contributed by atoms with E-state index in [1.54, 1.807) is 0 Å². The predicted molar refractivity (Wildman–Crippen MR) is 294 cm³/mol. The summed E-state index contributed by atoms with van der Waals surface area (Å²) in [6, 6.07) is 0. The van der Waals surface area contributed by atoms with Crippen molar-refractivity contribution in [1.29, 1.82) is 0 Å². The number of phosphoric ester groups is 1. The van der Waals surface area contributed by atoms with Crippen LogP contribution in [0.2, 0.25) is 0 Å². The lowest BCUT2D eigenvalue weighted by Gasteiger charge is -2.24. The monoisotopic (exact) mass is 999 g/mol. The molecule has 0 bridgehead atoms. The lowest BCUT2D eigenvalue weighted by Crippen LogP contribution is -2.37. The van der Waals surface area contributed by atoms with Crippen molar-refractivity contribution < 1.29 is 42.1 Å². The molecule has 10 heteroatoms. The third-order valence-corrected chi connectivity index (χ3v) is 14.5. The highest BCUT2D eigenvalue weighted by Crippen LogP contribution is 2.43. The van der Waals surface area contributed by atoms with Gasteiger partial charge in [0.1, 0.15) is 19.8 Å². The van der Waals surface area contributed by atoms with Gasteiger partial charge in [0.2, 0.25) is 0 Å². The van der Waals surface area contributed by atoms with Gasteiger partial charge in [-0.2, -0.15) is 0 Å². The van der Waals surface area contributed by atoms with Crippen LogP contribution < -0.4 is 0 Å². The summed E-state index contributed by atoms with van der Waals surface area (Å²) < 4.78 is 34.6. The van der Waals surface area contributed by atoms with Crippen LogP contribution >= 0.6 is 7.82 Å². The number of likely N-dealkylation sites (N-methyl/N-ethyl adjacent to an activating group) is 1. The van der Waals surface area contributed by atoms with Crippen molar-refractivity contribution in [3.05, 3.63) is 12.2 Å². The largest absolute Gasteiger partial charge is 0.472 e. The molecule has 0 aromatic heterocycles. The van der Waals surface area contributed by atoms with Gasteiger partial charge in [0, 0.05) is 12.8 Å². The van der Waals surface area contributed by atoms with Crippen LogP contribution in [-0.2, 0) is 32.7 Å². The fourth-order valence-electron chi connectivity index (χ4n) is 8.90. The molecule has 0 aliphatic heterocycles. The third-order valence-electron chi connectivity index (χ3n) is 13.5. The Morgan fingerprint density at radius 3 is 1.07 bits per heavy atom. The minimum atomic E-state index is -4.38. The number of carbonyl (C=O) groups excluding carboxylic acids is 2. The molecule has 9 nitrogen and oxygen atoms in total. The van der Waals surface area contributed by atoms with Crippen molar-refractivity contribution in [1.82, 2.24) is 0 Å². The number of carbonyl (C=O) groups is 2. The Balaban J connectivity index is 4.11. The normalized spacial score (nSPS) is 13.3. The zero-order valence-electron chi connectivity index (χ0n) is 46.6. The zero-order valence-corrected chi connectivity index (χ0v) is 47.5. The van der Waals surface area contributed by atoms with E-state index in [0.29, 0.717) is 23.9 Å². The van der Waals surface area contributed by atoms with E-state index in [0.717, 1.165) is 32.1 Å². The molecule has 2 atom stereocenters. The van der Waals surface area contributed by atoms with Gasteiger partial charge in [0.05, 0.1) is 27.7 Å². The van der Waals surface area contributed by atoms with E-state index in [-0.39, 0.29) is 25.6 Å². The lowest BCUT2D eigenvalue weighted by atomic mass is 10.0. The Kier molecular flexibility index (Phi) is 50.7. The average molecular weight is 1000 g/mol. The summed E-state index contributed by atoms with van der Waals surface area (Å²) in [6.07, 6.45) is 59.9. The Morgan fingerprint density at radius 2 is 0.739 bits per heavy atom. The van der Waals surface area contributed by atoms with Crippen molar-refractivity contribution in [2.24, 2.45) is 0 Å². The number of hydrogen-bond acceptors (Lipinski definition) is 7. The van der Waals surface area contributed by atoms with Crippen LogP contribution in [0.5, 0.6) is 0 Å². The summed E-state index contributed by atoms with van der Waals surface area (Å²) in [5, 5.41) is 0. The Bertz CT molecular complexity index is 1180. The molecule has 0 amide bonds. The number of nitrogens with zero attached hydrogens (tertiary/aromatic N) is 1. The number of esters is 2. The molecule has 0 aromatic carbocycles. The molecule has 0 fully saturated rings. The maximum absolute atomic E-state index is 12.8. The Hall–Kier alpha value is -1.25. The summed E-state index contributed by atoms with van der Waals surface area (Å²) in [5.41, 5.74) is 0. The summed E-state index contributed by atoms with van der Waals surface area (Å²) in [4.78, 5) is 35.7. The molecule has 0 aliphatic rings. The van der Waals surface area contributed by atoms with Crippen molar-refractivity contribution in [2.75, 3.05) is 47.5 Å². The summed E-state index contributed by atoms with van der Waals surface area (Å²) in [6.45, 7) is 4.50. The van der Waals surface area contributed by atoms with Crippen LogP contribution in [0, 0.1) is 0 Å². The van der Waals surface area contributed by atoms with Crippen molar-refractivity contribution in [3.63, 3.8) is 0 Å². The van der Waals surface area contributed by atoms with Gasteiger partial charge >= 0.3 is 19.8 Å². The van der Waals surface area contributed by atoms with E-state index in [4.69, 9.17) is 18.5 Å². The molecule has 0 aliphatic carbocycles. The Labute approximate surface area is 428 Å². The molecule has 2 unspecified atom stereocenters. The average Bonchev–Trinajstić information content (AvgIpc) is 3.31. The fourth-order valence-corrected chi connectivity index (χ4v) is 9.64. The quantitative estimate of drug-likeness (QED) is 0.0211. The number of ether oxygens (including phenoxy) is 2. The van der Waals surface area contributed by atoms with Crippen molar-refractivity contribution in [2.45, 2.75) is 309 Å². The standard InChI is InChI=1S/C59H116NO8P/c1-6-8-10-12-14-16-18-20-22-24-26-28-30-32-34-36-38-40-42-44-46-48-50-52-59(62)68-57(56-67-69(63,64)66-54-53-60(3,4)5)55-65-58(61)51-49-47-45-43-41-39-37-35-33-31-29-27-25-23-21-19-17-15-13-11-9-7-2/h24,26,57H,6-23,25,27-56H2,1-5H3/p+1/b26-24-.